The van der Waals surface area contributed by atoms with Gasteiger partial charge in [-0.15, -0.1) is 0 Å². The maximum absolute atomic E-state index is 11.7. The number of carbonyl (C=O) groups is 1. The summed E-state index contributed by atoms with van der Waals surface area (Å²) in [6, 6.07) is 1.89. The fourth-order valence-corrected chi connectivity index (χ4v) is 2.06. The number of nitrogens with zero attached hydrogens (tertiary/aromatic N) is 4. The lowest BCUT2D eigenvalue weighted by atomic mass is 10.2. The van der Waals surface area contributed by atoms with Gasteiger partial charge in [-0.3, -0.25) is 9.69 Å². The van der Waals surface area contributed by atoms with Crippen LogP contribution in [0.4, 0.5) is 5.82 Å². The Bertz CT molecular complexity index is 439. The molecule has 0 saturated carbocycles. The van der Waals surface area contributed by atoms with Crippen molar-refractivity contribution in [2.45, 2.75) is 6.42 Å². The van der Waals surface area contributed by atoms with Crippen molar-refractivity contribution in [3.63, 3.8) is 0 Å². The minimum absolute atomic E-state index is 0.0588. The Morgan fingerprint density at radius 1 is 1.56 bits per heavy atom. The number of aromatic nitrogens is 2. The highest BCUT2D eigenvalue weighted by Gasteiger charge is 2.30. The van der Waals surface area contributed by atoms with Gasteiger partial charge in [0.15, 0.2) is 11.5 Å². The fraction of sp³-hybridized carbons (Fsp3) is 0.400. The monoisotopic (exact) mass is 280 g/mol. The number of rotatable bonds is 2. The second-order valence-electron chi connectivity index (χ2n) is 3.60. The van der Waals surface area contributed by atoms with E-state index in [-0.39, 0.29) is 11.6 Å². The van der Waals surface area contributed by atoms with Crippen molar-refractivity contribution in [3.8, 4) is 6.07 Å². The number of anilines is 1. The van der Waals surface area contributed by atoms with Crippen molar-refractivity contribution in [1.29, 1.82) is 5.26 Å². The highest BCUT2D eigenvalue weighted by molar-refractivity contribution is 9.09. The van der Waals surface area contributed by atoms with E-state index in [4.69, 9.17) is 5.26 Å². The Morgan fingerprint density at radius 2 is 2.38 bits per heavy atom. The number of amides is 1. The van der Waals surface area contributed by atoms with Gasteiger partial charge in [-0.1, -0.05) is 15.9 Å². The summed E-state index contributed by atoms with van der Waals surface area (Å²) in [6.45, 7) is 0.657. The zero-order valence-corrected chi connectivity index (χ0v) is 10.0. The molecule has 82 valence electrons. The van der Waals surface area contributed by atoms with E-state index in [9.17, 15) is 4.79 Å². The molecule has 1 saturated heterocycles. The Morgan fingerprint density at radius 3 is 2.88 bits per heavy atom. The van der Waals surface area contributed by atoms with Crippen LogP contribution in [0.5, 0.6) is 0 Å². The molecule has 1 amide bonds. The SMILES string of the molecule is N#Cc1cnc(N2CC(CBr)CC2=O)cn1. The van der Waals surface area contributed by atoms with E-state index in [0.717, 1.165) is 5.33 Å². The first-order valence-corrected chi connectivity index (χ1v) is 5.95. The van der Waals surface area contributed by atoms with Crippen molar-refractivity contribution < 1.29 is 4.79 Å². The summed E-state index contributed by atoms with van der Waals surface area (Å²) in [4.78, 5) is 21.2. The second-order valence-corrected chi connectivity index (χ2v) is 4.25. The first-order chi connectivity index (χ1) is 7.74. The van der Waals surface area contributed by atoms with Gasteiger partial charge in [0.25, 0.3) is 0 Å². The van der Waals surface area contributed by atoms with Crippen LogP contribution in [0.2, 0.25) is 0 Å². The van der Waals surface area contributed by atoms with Crippen LogP contribution in [-0.4, -0.2) is 27.7 Å². The lowest BCUT2D eigenvalue weighted by Crippen LogP contribution is -2.25. The average molecular weight is 281 g/mol. The van der Waals surface area contributed by atoms with Crippen LogP contribution in [0.15, 0.2) is 12.4 Å². The quantitative estimate of drug-likeness (QED) is 0.761. The van der Waals surface area contributed by atoms with Crippen molar-refractivity contribution in [1.82, 2.24) is 9.97 Å². The molecule has 1 aromatic rings. The Labute approximate surface area is 101 Å². The van der Waals surface area contributed by atoms with Gasteiger partial charge >= 0.3 is 0 Å². The molecule has 0 N–H and O–H groups in total. The molecule has 0 bridgehead atoms. The standard InChI is InChI=1S/C10H9BrN4O/c11-2-7-1-10(16)15(6-7)9-5-13-8(3-12)4-14-9/h4-5,7H,1-2,6H2. The van der Waals surface area contributed by atoms with Crippen LogP contribution >= 0.6 is 15.9 Å². The van der Waals surface area contributed by atoms with E-state index in [1.807, 2.05) is 6.07 Å². The summed E-state index contributed by atoms with van der Waals surface area (Å²) < 4.78 is 0. The predicted octanol–water partition coefficient (Wildman–Crippen LogP) is 1.10. The average Bonchev–Trinajstić information content (AvgIpc) is 2.71. The number of nitriles is 1. The van der Waals surface area contributed by atoms with Crippen molar-refractivity contribution >= 4 is 27.7 Å². The molecule has 1 aromatic heterocycles. The number of carbonyl (C=O) groups excluding carboxylic acids is 1. The topological polar surface area (TPSA) is 69.9 Å². The van der Waals surface area contributed by atoms with E-state index in [2.05, 4.69) is 25.9 Å². The predicted molar refractivity (Wildman–Crippen MR) is 61.0 cm³/mol. The van der Waals surface area contributed by atoms with Gasteiger partial charge in [0, 0.05) is 18.3 Å². The summed E-state index contributed by atoms with van der Waals surface area (Å²) in [7, 11) is 0. The fourth-order valence-electron chi connectivity index (χ4n) is 1.62. The van der Waals surface area contributed by atoms with Crippen LogP contribution in [-0.2, 0) is 4.79 Å². The molecule has 1 fully saturated rings. The lowest BCUT2D eigenvalue weighted by Gasteiger charge is -2.14. The summed E-state index contributed by atoms with van der Waals surface area (Å²) in [6.07, 6.45) is 3.38. The normalized spacial score (nSPS) is 19.9. The van der Waals surface area contributed by atoms with E-state index in [1.165, 1.54) is 12.4 Å². The van der Waals surface area contributed by atoms with Crippen LogP contribution in [0.1, 0.15) is 12.1 Å². The van der Waals surface area contributed by atoms with Crippen molar-refractivity contribution in [3.05, 3.63) is 18.1 Å². The largest absolute Gasteiger partial charge is 0.295 e. The van der Waals surface area contributed by atoms with E-state index in [0.29, 0.717) is 24.7 Å². The highest BCUT2D eigenvalue weighted by atomic mass is 79.9. The molecule has 5 nitrogen and oxygen atoms in total. The second kappa shape index (κ2) is 4.58. The van der Waals surface area contributed by atoms with Crippen LogP contribution < -0.4 is 4.90 Å². The number of hydrogen-bond donors (Lipinski definition) is 0. The minimum atomic E-state index is 0.0588. The van der Waals surface area contributed by atoms with Gasteiger partial charge in [0.2, 0.25) is 5.91 Å². The summed E-state index contributed by atoms with van der Waals surface area (Å²) in [5.41, 5.74) is 0.257. The lowest BCUT2D eigenvalue weighted by molar-refractivity contribution is -0.117. The van der Waals surface area contributed by atoms with Gasteiger partial charge in [-0.2, -0.15) is 5.26 Å². The molecule has 0 spiro atoms. The van der Waals surface area contributed by atoms with Crippen LogP contribution in [0.3, 0.4) is 0 Å². The van der Waals surface area contributed by atoms with Gasteiger partial charge in [0.1, 0.15) is 6.07 Å². The van der Waals surface area contributed by atoms with Crippen molar-refractivity contribution in [2.24, 2.45) is 5.92 Å². The molecule has 16 heavy (non-hydrogen) atoms. The number of hydrogen-bond acceptors (Lipinski definition) is 4. The van der Waals surface area contributed by atoms with Crippen molar-refractivity contribution in [2.75, 3.05) is 16.8 Å². The molecule has 0 aliphatic carbocycles. The summed E-state index contributed by atoms with van der Waals surface area (Å²) >= 11 is 3.37. The molecular weight excluding hydrogens is 272 g/mol. The molecule has 0 aromatic carbocycles. The minimum Gasteiger partial charge on any atom is -0.295 e. The summed E-state index contributed by atoms with van der Waals surface area (Å²) in [5.74, 6) is 0.904. The molecule has 6 heteroatoms. The molecule has 1 atom stereocenters. The smallest absolute Gasteiger partial charge is 0.228 e. The van der Waals surface area contributed by atoms with Gasteiger partial charge < -0.3 is 0 Å². The van der Waals surface area contributed by atoms with Crippen LogP contribution in [0, 0.1) is 17.2 Å². The van der Waals surface area contributed by atoms with Gasteiger partial charge in [0.05, 0.1) is 12.4 Å². The third-order valence-electron chi connectivity index (χ3n) is 2.45. The van der Waals surface area contributed by atoms with E-state index < -0.39 is 0 Å². The number of halogens is 1. The third kappa shape index (κ3) is 2.04. The third-order valence-corrected chi connectivity index (χ3v) is 3.37. The Balaban J connectivity index is 2.19. The maximum atomic E-state index is 11.7. The Kier molecular flexibility index (Phi) is 3.15. The zero-order valence-electron chi connectivity index (χ0n) is 8.43. The van der Waals surface area contributed by atoms with Gasteiger partial charge in [-0.05, 0) is 5.92 Å². The van der Waals surface area contributed by atoms with Crippen LogP contribution in [0.25, 0.3) is 0 Å². The molecule has 0 radical (unpaired) electrons. The maximum Gasteiger partial charge on any atom is 0.228 e. The Hall–Kier alpha value is -1.48. The molecule has 1 aliphatic rings. The first kappa shape index (κ1) is 11.0. The zero-order chi connectivity index (χ0) is 11.5. The molecule has 1 aliphatic heterocycles. The van der Waals surface area contributed by atoms with E-state index >= 15 is 0 Å². The summed E-state index contributed by atoms with van der Waals surface area (Å²) in [5, 5.41) is 9.39. The molecule has 2 heterocycles. The van der Waals surface area contributed by atoms with E-state index in [1.54, 1.807) is 4.90 Å². The first-order valence-electron chi connectivity index (χ1n) is 4.83. The highest BCUT2D eigenvalue weighted by Crippen LogP contribution is 2.23. The molecular formula is C10H9BrN4O. The molecule has 1 unspecified atom stereocenters. The van der Waals surface area contributed by atoms with Gasteiger partial charge in [-0.25, -0.2) is 9.97 Å². The molecule has 2 rings (SSSR count). The number of alkyl halides is 1.